The number of aromatic carboxylic acids is 1. The summed E-state index contributed by atoms with van der Waals surface area (Å²) in [6.45, 7) is 2.86. The van der Waals surface area contributed by atoms with E-state index >= 15 is 0 Å². The average molecular weight is 326 g/mol. The van der Waals surface area contributed by atoms with E-state index in [0.29, 0.717) is 24.1 Å². The predicted octanol–water partition coefficient (Wildman–Crippen LogP) is 1.88. The zero-order valence-electron chi connectivity index (χ0n) is 12.7. The Morgan fingerprint density at radius 3 is 2.71 bits per heavy atom. The Labute approximate surface area is 136 Å². The largest absolute Gasteiger partial charge is 0.475 e. The molecule has 7 heteroatoms. The van der Waals surface area contributed by atoms with Crippen LogP contribution in [-0.2, 0) is 4.74 Å². The Morgan fingerprint density at radius 2 is 1.96 bits per heavy atom. The van der Waals surface area contributed by atoms with Crippen LogP contribution in [0.4, 0.5) is 5.69 Å². The summed E-state index contributed by atoms with van der Waals surface area (Å²) in [5.74, 6) is -1.65. The Morgan fingerprint density at radius 1 is 1.17 bits per heavy atom. The fourth-order valence-electron chi connectivity index (χ4n) is 2.90. The van der Waals surface area contributed by atoms with Crippen LogP contribution in [0.1, 0.15) is 10.6 Å². The van der Waals surface area contributed by atoms with Crippen molar-refractivity contribution in [2.75, 3.05) is 31.2 Å². The molecular formula is C17H14N2O5. The molecule has 0 bridgehead atoms. The van der Waals surface area contributed by atoms with E-state index in [1.54, 1.807) is 0 Å². The molecule has 122 valence electrons. The van der Waals surface area contributed by atoms with E-state index < -0.39 is 11.4 Å². The summed E-state index contributed by atoms with van der Waals surface area (Å²) in [6, 6.07) is 6.65. The molecule has 1 N–H and O–H groups in total. The molecule has 1 aliphatic heterocycles. The van der Waals surface area contributed by atoms with Gasteiger partial charge in [0.25, 0.3) is 0 Å². The minimum Gasteiger partial charge on any atom is -0.475 e. The molecule has 3 aromatic rings. The minimum atomic E-state index is -1.27. The van der Waals surface area contributed by atoms with E-state index in [1.165, 1.54) is 6.20 Å². The number of carbonyl (C=O) groups is 1. The van der Waals surface area contributed by atoms with Crippen LogP contribution in [-0.4, -0.2) is 42.4 Å². The van der Waals surface area contributed by atoms with E-state index in [1.807, 2.05) is 18.2 Å². The van der Waals surface area contributed by atoms with Gasteiger partial charge in [-0.25, -0.2) is 4.79 Å². The van der Waals surface area contributed by atoms with Gasteiger partial charge in [0, 0.05) is 36.4 Å². The summed E-state index contributed by atoms with van der Waals surface area (Å²) in [4.78, 5) is 29.8. The third-order valence-electron chi connectivity index (χ3n) is 4.13. The fourth-order valence-corrected chi connectivity index (χ4v) is 2.90. The first kappa shape index (κ1) is 14.6. The van der Waals surface area contributed by atoms with Crippen molar-refractivity contribution < 1.29 is 19.1 Å². The first-order chi connectivity index (χ1) is 11.6. The lowest BCUT2D eigenvalue weighted by Gasteiger charge is -2.29. The molecule has 1 fully saturated rings. The second-order valence-electron chi connectivity index (χ2n) is 5.58. The number of rotatable bonds is 2. The number of carboxylic acid groups (broad SMARTS) is 1. The maximum atomic E-state index is 12.1. The Balaban J connectivity index is 1.97. The van der Waals surface area contributed by atoms with E-state index in [-0.39, 0.29) is 16.7 Å². The molecule has 7 nitrogen and oxygen atoms in total. The van der Waals surface area contributed by atoms with E-state index in [2.05, 4.69) is 9.88 Å². The number of carboxylic acids is 1. The van der Waals surface area contributed by atoms with Crippen LogP contribution >= 0.6 is 0 Å². The van der Waals surface area contributed by atoms with Gasteiger partial charge in [-0.2, -0.15) is 0 Å². The number of nitrogens with zero attached hydrogens (tertiary/aromatic N) is 2. The highest BCUT2D eigenvalue weighted by atomic mass is 16.5. The van der Waals surface area contributed by atoms with Crippen LogP contribution in [0.25, 0.3) is 21.9 Å². The smallest absolute Gasteiger partial charge is 0.371 e. The maximum Gasteiger partial charge on any atom is 0.371 e. The van der Waals surface area contributed by atoms with Crippen LogP contribution in [0.3, 0.4) is 0 Å². The first-order valence-electron chi connectivity index (χ1n) is 7.56. The van der Waals surface area contributed by atoms with Gasteiger partial charge >= 0.3 is 5.97 Å². The molecule has 0 amide bonds. The van der Waals surface area contributed by atoms with Crippen molar-refractivity contribution in [3.8, 4) is 0 Å². The predicted molar refractivity (Wildman–Crippen MR) is 87.8 cm³/mol. The van der Waals surface area contributed by atoms with Crippen molar-refractivity contribution >= 4 is 33.5 Å². The van der Waals surface area contributed by atoms with Crippen molar-refractivity contribution in [2.24, 2.45) is 0 Å². The van der Waals surface area contributed by atoms with Gasteiger partial charge in [0.15, 0.2) is 5.43 Å². The highest BCUT2D eigenvalue weighted by Crippen LogP contribution is 2.27. The van der Waals surface area contributed by atoms with Gasteiger partial charge in [-0.3, -0.25) is 9.78 Å². The molecule has 1 aliphatic rings. The summed E-state index contributed by atoms with van der Waals surface area (Å²) in [5, 5.41) is 10.0. The number of hydrogen-bond acceptors (Lipinski definition) is 6. The number of benzene rings is 1. The molecule has 2 aromatic heterocycles. The molecule has 24 heavy (non-hydrogen) atoms. The molecule has 0 unspecified atom stereocenters. The van der Waals surface area contributed by atoms with Crippen LogP contribution in [0, 0.1) is 0 Å². The van der Waals surface area contributed by atoms with Gasteiger partial charge in [-0.05, 0) is 18.2 Å². The lowest BCUT2D eigenvalue weighted by atomic mass is 10.1. The highest BCUT2D eigenvalue weighted by Gasteiger charge is 2.16. The molecule has 0 saturated carbocycles. The van der Waals surface area contributed by atoms with Crippen LogP contribution < -0.4 is 10.3 Å². The van der Waals surface area contributed by atoms with Gasteiger partial charge in [-0.15, -0.1) is 0 Å². The standard InChI is InChI=1S/C17H14N2O5/c20-14-8-15(17(21)22)24-16-11-7-10(19-3-5-23-6-4-19)1-2-13(11)18-9-12(14)16/h1-2,7-9H,3-6H2,(H,21,22). The average Bonchev–Trinajstić information content (AvgIpc) is 2.61. The van der Waals surface area contributed by atoms with Crippen LogP contribution in [0.2, 0.25) is 0 Å². The number of ether oxygens (including phenoxy) is 1. The molecule has 1 saturated heterocycles. The van der Waals surface area contributed by atoms with Gasteiger partial charge < -0.3 is 19.2 Å². The molecule has 4 rings (SSSR count). The third-order valence-corrected chi connectivity index (χ3v) is 4.13. The van der Waals surface area contributed by atoms with Crippen molar-refractivity contribution in [3.63, 3.8) is 0 Å². The molecule has 0 aliphatic carbocycles. The van der Waals surface area contributed by atoms with Crippen LogP contribution in [0.5, 0.6) is 0 Å². The fraction of sp³-hybridized carbons (Fsp3) is 0.235. The number of hydrogen-bond donors (Lipinski definition) is 1. The number of pyridine rings is 1. The van der Waals surface area contributed by atoms with Gasteiger partial charge in [0.2, 0.25) is 5.76 Å². The second kappa shape index (κ2) is 5.61. The summed E-state index contributed by atoms with van der Waals surface area (Å²) >= 11 is 0. The number of morpholine rings is 1. The number of aromatic nitrogens is 1. The minimum absolute atomic E-state index is 0.250. The van der Waals surface area contributed by atoms with Gasteiger partial charge in [-0.1, -0.05) is 0 Å². The normalized spacial score (nSPS) is 15.1. The highest BCUT2D eigenvalue weighted by molar-refractivity contribution is 6.03. The van der Waals surface area contributed by atoms with Crippen molar-refractivity contribution in [2.45, 2.75) is 0 Å². The monoisotopic (exact) mass is 326 g/mol. The topological polar surface area (TPSA) is 92.9 Å². The van der Waals surface area contributed by atoms with Gasteiger partial charge in [0.05, 0.1) is 24.1 Å². The van der Waals surface area contributed by atoms with Crippen molar-refractivity contribution in [1.82, 2.24) is 4.98 Å². The maximum absolute atomic E-state index is 12.1. The van der Waals surface area contributed by atoms with E-state index in [4.69, 9.17) is 14.3 Å². The molecule has 0 atom stereocenters. The molecule has 1 aromatic carbocycles. The number of fused-ring (bicyclic) bond motifs is 3. The lowest BCUT2D eigenvalue weighted by molar-refractivity contribution is 0.0663. The Bertz CT molecular complexity index is 1000. The summed E-state index contributed by atoms with van der Waals surface area (Å²) in [7, 11) is 0. The third kappa shape index (κ3) is 2.39. The Hall–Kier alpha value is -2.93. The SMILES string of the molecule is O=C(O)c1cc(=O)c2cnc3ccc(N4CCOCC4)cc3c2o1. The molecule has 0 spiro atoms. The summed E-state index contributed by atoms with van der Waals surface area (Å²) in [5.41, 5.74) is 1.44. The first-order valence-corrected chi connectivity index (χ1v) is 7.56. The molecule has 0 radical (unpaired) electrons. The second-order valence-corrected chi connectivity index (χ2v) is 5.58. The van der Waals surface area contributed by atoms with Crippen molar-refractivity contribution in [3.05, 3.63) is 46.4 Å². The lowest BCUT2D eigenvalue weighted by Crippen LogP contribution is -2.36. The number of anilines is 1. The van der Waals surface area contributed by atoms with E-state index in [0.717, 1.165) is 24.8 Å². The van der Waals surface area contributed by atoms with Crippen molar-refractivity contribution in [1.29, 1.82) is 0 Å². The zero-order valence-corrected chi connectivity index (χ0v) is 12.7. The van der Waals surface area contributed by atoms with E-state index in [9.17, 15) is 9.59 Å². The summed E-state index contributed by atoms with van der Waals surface area (Å²) in [6.07, 6.45) is 1.42. The molecule has 3 heterocycles. The summed E-state index contributed by atoms with van der Waals surface area (Å²) < 4.78 is 10.8. The Kier molecular flexibility index (Phi) is 3.42. The zero-order chi connectivity index (χ0) is 16.7. The molecular weight excluding hydrogens is 312 g/mol. The quantitative estimate of drug-likeness (QED) is 0.719. The van der Waals surface area contributed by atoms with Gasteiger partial charge in [0.1, 0.15) is 5.58 Å². The van der Waals surface area contributed by atoms with Crippen LogP contribution in [0.15, 0.2) is 39.7 Å².